The molecule has 1 fully saturated rings. The number of aliphatic carboxylic acids is 1. The first-order chi connectivity index (χ1) is 11.1. The van der Waals surface area contributed by atoms with E-state index in [-0.39, 0.29) is 18.2 Å². The zero-order valence-corrected chi connectivity index (χ0v) is 13.5. The molecular weight excluding hydrogens is 323 g/mol. The van der Waals surface area contributed by atoms with Crippen molar-refractivity contribution in [2.45, 2.75) is 44.8 Å². The van der Waals surface area contributed by atoms with Gasteiger partial charge in [0.2, 0.25) is 5.91 Å². The normalized spacial score (nSPS) is 22.5. The lowest BCUT2D eigenvalue weighted by molar-refractivity contribution is -0.143. The SMILES string of the molecule is CC(CC(=O)N1CCC(C(=O)O)C1C)c1cccc(C(F)(F)F)c1. The van der Waals surface area contributed by atoms with Gasteiger partial charge in [0, 0.05) is 19.0 Å². The molecule has 132 valence electrons. The average molecular weight is 343 g/mol. The molecule has 2 rings (SSSR count). The number of alkyl halides is 3. The molecule has 1 aliphatic rings. The van der Waals surface area contributed by atoms with E-state index in [9.17, 15) is 22.8 Å². The van der Waals surface area contributed by atoms with Crippen molar-refractivity contribution < 1.29 is 27.9 Å². The van der Waals surface area contributed by atoms with Crippen molar-refractivity contribution in [1.29, 1.82) is 0 Å². The zero-order valence-electron chi connectivity index (χ0n) is 13.5. The summed E-state index contributed by atoms with van der Waals surface area (Å²) >= 11 is 0. The molecule has 0 radical (unpaired) electrons. The predicted molar refractivity (Wildman–Crippen MR) is 81.4 cm³/mol. The summed E-state index contributed by atoms with van der Waals surface area (Å²) in [6, 6.07) is 4.56. The third-order valence-corrected chi connectivity index (χ3v) is 4.66. The van der Waals surface area contributed by atoms with Crippen LogP contribution in [0, 0.1) is 5.92 Å². The Hall–Kier alpha value is -2.05. The first kappa shape index (κ1) is 18.3. The number of nitrogens with zero attached hydrogens (tertiary/aromatic N) is 1. The molecule has 3 atom stereocenters. The Morgan fingerprint density at radius 3 is 2.58 bits per heavy atom. The van der Waals surface area contributed by atoms with Gasteiger partial charge in [0.15, 0.2) is 0 Å². The number of carbonyl (C=O) groups excluding carboxylic acids is 1. The van der Waals surface area contributed by atoms with Gasteiger partial charge in [-0.05, 0) is 30.9 Å². The van der Waals surface area contributed by atoms with E-state index in [0.29, 0.717) is 18.5 Å². The summed E-state index contributed by atoms with van der Waals surface area (Å²) in [5.74, 6) is -2.12. The van der Waals surface area contributed by atoms with Gasteiger partial charge in [-0.2, -0.15) is 13.2 Å². The maximum Gasteiger partial charge on any atom is 0.416 e. The van der Waals surface area contributed by atoms with Crippen molar-refractivity contribution in [1.82, 2.24) is 4.90 Å². The van der Waals surface area contributed by atoms with Crippen LogP contribution in [0.2, 0.25) is 0 Å². The Morgan fingerprint density at radius 1 is 1.38 bits per heavy atom. The third kappa shape index (κ3) is 3.88. The van der Waals surface area contributed by atoms with Crippen LogP contribution in [-0.4, -0.2) is 34.5 Å². The molecule has 0 saturated carbocycles. The van der Waals surface area contributed by atoms with Crippen LogP contribution in [0.4, 0.5) is 13.2 Å². The van der Waals surface area contributed by atoms with Crippen LogP contribution in [0.15, 0.2) is 24.3 Å². The number of carbonyl (C=O) groups is 2. The quantitative estimate of drug-likeness (QED) is 0.910. The predicted octanol–water partition coefficient (Wildman–Crippen LogP) is 3.52. The number of carboxylic acid groups (broad SMARTS) is 1. The lowest BCUT2D eigenvalue weighted by Gasteiger charge is -2.25. The van der Waals surface area contributed by atoms with Gasteiger partial charge in [0.05, 0.1) is 11.5 Å². The monoisotopic (exact) mass is 343 g/mol. The maximum absolute atomic E-state index is 12.8. The Bertz CT molecular complexity index is 630. The van der Waals surface area contributed by atoms with Crippen molar-refractivity contribution in [3.8, 4) is 0 Å². The van der Waals surface area contributed by atoms with Crippen LogP contribution in [0.5, 0.6) is 0 Å². The second-order valence-electron chi connectivity index (χ2n) is 6.29. The molecule has 1 aromatic carbocycles. The van der Waals surface area contributed by atoms with E-state index in [4.69, 9.17) is 5.11 Å². The van der Waals surface area contributed by atoms with Gasteiger partial charge in [0.25, 0.3) is 0 Å². The lowest BCUT2D eigenvalue weighted by atomic mass is 9.95. The highest BCUT2D eigenvalue weighted by Crippen LogP contribution is 2.32. The highest BCUT2D eigenvalue weighted by Gasteiger charge is 2.38. The standard InChI is InChI=1S/C17H20F3NO3/c1-10(12-4-3-5-13(9-12)17(18,19)20)8-15(22)21-7-6-14(11(21)2)16(23)24/h3-5,9-11,14H,6-8H2,1-2H3,(H,23,24). The van der Waals surface area contributed by atoms with Crippen LogP contribution >= 0.6 is 0 Å². The second kappa shape index (κ2) is 6.83. The van der Waals surface area contributed by atoms with Crippen molar-refractivity contribution >= 4 is 11.9 Å². The van der Waals surface area contributed by atoms with E-state index < -0.39 is 29.7 Å². The number of benzene rings is 1. The van der Waals surface area contributed by atoms with E-state index in [1.54, 1.807) is 19.9 Å². The van der Waals surface area contributed by atoms with Gasteiger partial charge in [-0.25, -0.2) is 0 Å². The summed E-state index contributed by atoms with van der Waals surface area (Å²) in [6.45, 7) is 3.76. The number of hydrogen-bond donors (Lipinski definition) is 1. The fourth-order valence-electron chi connectivity index (χ4n) is 3.14. The summed E-state index contributed by atoms with van der Waals surface area (Å²) in [5, 5.41) is 9.11. The number of amides is 1. The molecule has 1 saturated heterocycles. The minimum Gasteiger partial charge on any atom is -0.481 e. The molecule has 1 heterocycles. The molecule has 0 bridgehead atoms. The summed E-state index contributed by atoms with van der Waals surface area (Å²) in [5.41, 5.74) is -0.292. The topological polar surface area (TPSA) is 57.6 Å². The number of carboxylic acids is 1. The van der Waals surface area contributed by atoms with E-state index in [2.05, 4.69) is 0 Å². The molecule has 1 aromatic rings. The van der Waals surface area contributed by atoms with Crippen molar-refractivity contribution in [3.63, 3.8) is 0 Å². The molecule has 0 spiro atoms. The number of halogens is 3. The molecule has 3 unspecified atom stereocenters. The largest absolute Gasteiger partial charge is 0.481 e. The van der Waals surface area contributed by atoms with E-state index in [0.717, 1.165) is 12.1 Å². The highest BCUT2D eigenvalue weighted by atomic mass is 19.4. The first-order valence-electron chi connectivity index (χ1n) is 7.80. The highest BCUT2D eigenvalue weighted by molar-refractivity contribution is 5.80. The van der Waals surface area contributed by atoms with Crippen LogP contribution in [-0.2, 0) is 15.8 Å². The number of likely N-dealkylation sites (tertiary alicyclic amines) is 1. The Balaban J connectivity index is 2.06. The molecule has 24 heavy (non-hydrogen) atoms. The van der Waals surface area contributed by atoms with Crippen molar-refractivity contribution in [2.75, 3.05) is 6.54 Å². The maximum atomic E-state index is 12.8. The zero-order chi connectivity index (χ0) is 18.1. The molecule has 4 nitrogen and oxygen atoms in total. The fourth-order valence-corrected chi connectivity index (χ4v) is 3.14. The Labute approximate surface area is 138 Å². The third-order valence-electron chi connectivity index (χ3n) is 4.66. The summed E-state index contributed by atoms with van der Waals surface area (Å²) in [7, 11) is 0. The van der Waals surface area contributed by atoms with Gasteiger partial charge in [-0.1, -0.05) is 25.1 Å². The summed E-state index contributed by atoms with van der Waals surface area (Å²) in [6.07, 6.45) is -3.96. The molecule has 0 aromatic heterocycles. The second-order valence-corrected chi connectivity index (χ2v) is 6.29. The van der Waals surface area contributed by atoms with Crippen LogP contribution in [0.1, 0.15) is 43.7 Å². The van der Waals surface area contributed by atoms with Gasteiger partial charge < -0.3 is 10.0 Å². The van der Waals surface area contributed by atoms with E-state index in [1.165, 1.54) is 11.0 Å². The Kier molecular flexibility index (Phi) is 5.20. The Morgan fingerprint density at radius 2 is 2.04 bits per heavy atom. The molecule has 1 aliphatic heterocycles. The van der Waals surface area contributed by atoms with Gasteiger partial charge in [-0.3, -0.25) is 9.59 Å². The van der Waals surface area contributed by atoms with Crippen LogP contribution < -0.4 is 0 Å². The van der Waals surface area contributed by atoms with Crippen molar-refractivity contribution in [2.24, 2.45) is 5.92 Å². The van der Waals surface area contributed by atoms with E-state index in [1.807, 2.05) is 0 Å². The first-order valence-corrected chi connectivity index (χ1v) is 7.80. The summed E-state index contributed by atoms with van der Waals surface area (Å²) < 4.78 is 38.3. The average Bonchev–Trinajstić information content (AvgIpc) is 2.88. The molecule has 0 aliphatic carbocycles. The molecule has 7 heteroatoms. The van der Waals surface area contributed by atoms with Crippen molar-refractivity contribution in [3.05, 3.63) is 35.4 Å². The smallest absolute Gasteiger partial charge is 0.416 e. The molecule has 1 amide bonds. The minimum absolute atomic E-state index is 0.0536. The van der Waals surface area contributed by atoms with Crippen LogP contribution in [0.25, 0.3) is 0 Å². The fraction of sp³-hybridized carbons (Fsp3) is 0.529. The van der Waals surface area contributed by atoms with Gasteiger partial charge in [0.1, 0.15) is 0 Å². The summed E-state index contributed by atoms with van der Waals surface area (Å²) in [4.78, 5) is 25.0. The van der Waals surface area contributed by atoms with Gasteiger partial charge in [-0.15, -0.1) is 0 Å². The number of rotatable bonds is 4. The minimum atomic E-state index is -4.42. The van der Waals surface area contributed by atoms with Crippen LogP contribution in [0.3, 0.4) is 0 Å². The van der Waals surface area contributed by atoms with Gasteiger partial charge >= 0.3 is 12.1 Å². The van der Waals surface area contributed by atoms with E-state index >= 15 is 0 Å². The molecular formula is C17H20F3NO3. The molecule has 1 N–H and O–H groups in total. The number of hydrogen-bond acceptors (Lipinski definition) is 2. The lowest BCUT2D eigenvalue weighted by Crippen LogP contribution is -2.38.